The van der Waals surface area contributed by atoms with Gasteiger partial charge in [0, 0.05) is 15.8 Å². The number of hydrogen-bond donors (Lipinski definition) is 2. The Hall–Kier alpha value is -3.12. The number of nitrogens with one attached hydrogen (secondary N) is 2. The summed E-state index contributed by atoms with van der Waals surface area (Å²) in [5.41, 5.74) is 3.09. The monoisotopic (exact) mass is 452 g/mol. The molecule has 0 atom stereocenters. The van der Waals surface area contributed by atoms with E-state index in [0.717, 1.165) is 15.6 Å². The number of halogens is 1. The normalized spacial score (nSPS) is 10.3. The standard InChI is InChI=1S/C23H21BrN2O3/c1-16-12-18(24)10-11-21(16)29-15-23(28)26-20-9-5-8-19(14-20)25-22(27)13-17-6-3-2-4-7-17/h2-12,14H,13,15H2,1H3,(H,25,27)(H,26,28). The lowest BCUT2D eigenvalue weighted by Gasteiger charge is -2.11. The number of carbonyl (C=O) groups is 2. The van der Waals surface area contributed by atoms with Crippen molar-refractivity contribution in [1.82, 2.24) is 0 Å². The number of aryl methyl sites for hydroxylation is 1. The number of rotatable bonds is 7. The van der Waals surface area contributed by atoms with E-state index in [-0.39, 0.29) is 24.8 Å². The summed E-state index contributed by atoms with van der Waals surface area (Å²) in [5.74, 6) is 0.263. The van der Waals surface area contributed by atoms with Crippen LogP contribution in [-0.2, 0) is 16.0 Å². The molecule has 0 radical (unpaired) electrons. The van der Waals surface area contributed by atoms with Gasteiger partial charge in [0.1, 0.15) is 5.75 Å². The molecule has 3 aromatic carbocycles. The summed E-state index contributed by atoms with van der Waals surface area (Å²) >= 11 is 3.40. The minimum absolute atomic E-state index is 0.104. The minimum Gasteiger partial charge on any atom is -0.483 e. The molecule has 0 saturated carbocycles. The Labute approximate surface area is 178 Å². The first kappa shape index (κ1) is 20.6. The van der Waals surface area contributed by atoms with Crippen molar-refractivity contribution >= 4 is 39.1 Å². The van der Waals surface area contributed by atoms with Crippen molar-refractivity contribution in [2.75, 3.05) is 17.2 Å². The molecule has 0 aliphatic carbocycles. The largest absolute Gasteiger partial charge is 0.483 e. The highest BCUT2D eigenvalue weighted by atomic mass is 79.9. The van der Waals surface area contributed by atoms with Crippen molar-refractivity contribution in [2.24, 2.45) is 0 Å². The summed E-state index contributed by atoms with van der Waals surface area (Å²) < 4.78 is 6.54. The quantitative estimate of drug-likeness (QED) is 0.532. The first-order valence-electron chi connectivity index (χ1n) is 9.12. The summed E-state index contributed by atoms with van der Waals surface area (Å²) in [5, 5.41) is 5.63. The average Bonchev–Trinajstić information content (AvgIpc) is 2.68. The van der Waals surface area contributed by atoms with Gasteiger partial charge in [-0.25, -0.2) is 0 Å². The SMILES string of the molecule is Cc1cc(Br)ccc1OCC(=O)Nc1cccc(NC(=O)Cc2ccccc2)c1. The predicted molar refractivity (Wildman–Crippen MR) is 118 cm³/mol. The zero-order valence-corrected chi connectivity index (χ0v) is 17.5. The van der Waals surface area contributed by atoms with Crippen molar-refractivity contribution in [3.8, 4) is 5.75 Å². The second-order valence-electron chi connectivity index (χ2n) is 6.54. The number of benzene rings is 3. The van der Waals surface area contributed by atoms with Crippen LogP contribution in [0.3, 0.4) is 0 Å². The predicted octanol–water partition coefficient (Wildman–Crippen LogP) is 4.96. The Bertz CT molecular complexity index is 1010. The molecule has 148 valence electrons. The van der Waals surface area contributed by atoms with Gasteiger partial charge in [-0.05, 0) is 54.4 Å². The molecular weight excluding hydrogens is 432 g/mol. The fourth-order valence-electron chi connectivity index (χ4n) is 2.78. The molecule has 2 N–H and O–H groups in total. The van der Waals surface area contributed by atoms with Crippen LogP contribution < -0.4 is 15.4 Å². The molecule has 0 heterocycles. The van der Waals surface area contributed by atoms with E-state index < -0.39 is 0 Å². The molecule has 0 bridgehead atoms. The molecule has 3 aromatic rings. The van der Waals surface area contributed by atoms with Crippen LogP contribution in [0.2, 0.25) is 0 Å². The van der Waals surface area contributed by atoms with Crippen molar-refractivity contribution in [3.63, 3.8) is 0 Å². The summed E-state index contributed by atoms with van der Waals surface area (Å²) in [6.07, 6.45) is 0.289. The van der Waals surface area contributed by atoms with Gasteiger partial charge < -0.3 is 15.4 Å². The van der Waals surface area contributed by atoms with E-state index in [1.54, 1.807) is 24.3 Å². The zero-order chi connectivity index (χ0) is 20.6. The fourth-order valence-corrected chi connectivity index (χ4v) is 3.25. The Morgan fingerprint density at radius 3 is 2.24 bits per heavy atom. The van der Waals surface area contributed by atoms with Crippen LogP contribution in [0, 0.1) is 6.92 Å². The van der Waals surface area contributed by atoms with Crippen LogP contribution in [0.5, 0.6) is 5.75 Å². The molecule has 0 spiro atoms. The molecular formula is C23H21BrN2O3. The molecule has 0 fully saturated rings. The number of hydrogen-bond acceptors (Lipinski definition) is 3. The Morgan fingerprint density at radius 2 is 1.55 bits per heavy atom. The van der Waals surface area contributed by atoms with E-state index in [1.165, 1.54) is 0 Å². The van der Waals surface area contributed by atoms with Crippen molar-refractivity contribution < 1.29 is 14.3 Å². The summed E-state index contributed by atoms with van der Waals surface area (Å²) in [6.45, 7) is 1.81. The maximum atomic E-state index is 12.2. The molecule has 2 amide bonds. The summed E-state index contributed by atoms with van der Waals surface area (Å²) in [4.78, 5) is 24.4. The first-order chi connectivity index (χ1) is 14.0. The third kappa shape index (κ3) is 6.47. The Balaban J connectivity index is 1.53. The molecule has 0 saturated heterocycles. The minimum atomic E-state index is -0.278. The number of carbonyl (C=O) groups excluding carboxylic acids is 2. The van der Waals surface area contributed by atoms with Gasteiger partial charge in [-0.1, -0.05) is 52.3 Å². The third-order valence-electron chi connectivity index (χ3n) is 4.13. The Morgan fingerprint density at radius 1 is 0.862 bits per heavy atom. The third-order valence-corrected chi connectivity index (χ3v) is 4.63. The topological polar surface area (TPSA) is 67.4 Å². The van der Waals surface area contributed by atoms with Crippen LogP contribution in [0.4, 0.5) is 11.4 Å². The van der Waals surface area contributed by atoms with E-state index in [0.29, 0.717) is 17.1 Å². The van der Waals surface area contributed by atoms with Crippen LogP contribution in [0.15, 0.2) is 77.3 Å². The maximum absolute atomic E-state index is 12.2. The van der Waals surface area contributed by atoms with E-state index in [2.05, 4.69) is 26.6 Å². The van der Waals surface area contributed by atoms with Gasteiger partial charge in [-0.3, -0.25) is 9.59 Å². The Kier molecular flexibility index (Phi) is 7.03. The molecule has 6 heteroatoms. The van der Waals surface area contributed by atoms with Gasteiger partial charge in [0.15, 0.2) is 6.61 Å². The van der Waals surface area contributed by atoms with Gasteiger partial charge in [0.25, 0.3) is 5.91 Å². The summed E-state index contributed by atoms with van der Waals surface area (Å²) in [6, 6.07) is 22.1. The van der Waals surface area contributed by atoms with E-state index >= 15 is 0 Å². The van der Waals surface area contributed by atoms with E-state index in [9.17, 15) is 9.59 Å². The first-order valence-corrected chi connectivity index (χ1v) is 9.91. The fraction of sp³-hybridized carbons (Fsp3) is 0.130. The van der Waals surface area contributed by atoms with Gasteiger partial charge in [0.05, 0.1) is 6.42 Å². The van der Waals surface area contributed by atoms with Crippen molar-refractivity contribution in [1.29, 1.82) is 0 Å². The maximum Gasteiger partial charge on any atom is 0.262 e. The zero-order valence-electron chi connectivity index (χ0n) is 15.9. The van der Waals surface area contributed by atoms with Crippen LogP contribution in [0.25, 0.3) is 0 Å². The second-order valence-corrected chi connectivity index (χ2v) is 7.45. The second kappa shape index (κ2) is 9.89. The number of anilines is 2. The molecule has 0 aliphatic rings. The highest BCUT2D eigenvalue weighted by molar-refractivity contribution is 9.10. The smallest absolute Gasteiger partial charge is 0.262 e. The molecule has 29 heavy (non-hydrogen) atoms. The van der Waals surface area contributed by atoms with Crippen LogP contribution >= 0.6 is 15.9 Å². The van der Waals surface area contributed by atoms with Gasteiger partial charge in [-0.2, -0.15) is 0 Å². The highest BCUT2D eigenvalue weighted by Gasteiger charge is 2.08. The molecule has 0 unspecified atom stereocenters. The van der Waals surface area contributed by atoms with Crippen molar-refractivity contribution in [2.45, 2.75) is 13.3 Å². The van der Waals surface area contributed by atoms with Gasteiger partial charge >= 0.3 is 0 Å². The molecule has 0 aromatic heterocycles. The lowest BCUT2D eigenvalue weighted by molar-refractivity contribution is -0.118. The van der Waals surface area contributed by atoms with Crippen LogP contribution in [-0.4, -0.2) is 18.4 Å². The lowest BCUT2D eigenvalue weighted by atomic mass is 10.1. The molecule has 5 nitrogen and oxygen atoms in total. The van der Waals surface area contributed by atoms with Crippen LogP contribution in [0.1, 0.15) is 11.1 Å². The summed E-state index contributed by atoms with van der Waals surface area (Å²) in [7, 11) is 0. The van der Waals surface area contributed by atoms with Gasteiger partial charge in [-0.15, -0.1) is 0 Å². The highest BCUT2D eigenvalue weighted by Crippen LogP contribution is 2.22. The number of ether oxygens (including phenoxy) is 1. The van der Waals surface area contributed by atoms with E-state index in [1.807, 2.05) is 55.5 Å². The number of amides is 2. The molecule has 3 rings (SSSR count). The average molecular weight is 453 g/mol. The van der Waals surface area contributed by atoms with Crippen molar-refractivity contribution in [3.05, 3.63) is 88.4 Å². The molecule has 0 aliphatic heterocycles. The van der Waals surface area contributed by atoms with Gasteiger partial charge in [0.2, 0.25) is 5.91 Å². The van der Waals surface area contributed by atoms with E-state index in [4.69, 9.17) is 4.74 Å². The lowest BCUT2D eigenvalue weighted by Crippen LogP contribution is -2.20.